The summed E-state index contributed by atoms with van der Waals surface area (Å²) in [6, 6.07) is 0.372. The summed E-state index contributed by atoms with van der Waals surface area (Å²) < 4.78 is 24.5. The highest BCUT2D eigenvalue weighted by Crippen LogP contribution is 2.29. The molecule has 0 saturated heterocycles. The average Bonchev–Trinajstić information content (AvgIpc) is 2.50. The Morgan fingerprint density at radius 3 is 2.35 bits per heavy atom. The quantitative estimate of drug-likeness (QED) is 0.616. The monoisotopic (exact) mass is 276 g/mol. The van der Waals surface area contributed by atoms with Gasteiger partial charge in [0.1, 0.15) is 5.82 Å². The summed E-state index contributed by atoms with van der Waals surface area (Å²) in [5.74, 6) is 0.733. The summed E-state index contributed by atoms with van der Waals surface area (Å²) in [6.07, 6.45) is 8.71. The Kier molecular flexibility index (Phi) is 3.78. The Balaban J connectivity index is 2.28. The molecule has 0 aromatic carbocycles. The van der Waals surface area contributed by atoms with Gasteiger partial charge in [-0.3, -0.25) is 0 Å². The van der Waals surface area contributed by atoms with E-state index >= 15 is 0 Å². The van der Waals surface area contributed by atoms with Crippen molar-refractivity contribution in [3.8, 4) is 0 Å². The number of hydrogen-bond donors (Lipinski definition) is 0. The van der Waals surface area contributed by atoms with Crippen LogP contribution in [-0.2, 0) is 9.05 Å². The van der Waals surface area contributed by atoms with Gasteiger partial charge in [0, 0.05) is 22.9 Å². The highest BCUT2D eigenvalue weighted by atomic mass is 35.7. The number of imidazole rings is 1. The normalized spacial score (nSPS) is 19.2. The van der Waals surface area contributed by atoms with Gasteiger partial charge in [-0.1, -0.05) is 25.7 Å². The van der Waals surface area contributed by atoms with Gasteiger partial charge in [-0.15, -0.1) is 0 Å². The largest absolute Gasteiger partial charge is 0.331 e. The zero-order valence-corrected chi connectivity index (χ0v) is 11.5. The van der Waals surface area contributed by atoms with Gasteiger partial charge in [-0.05, 0) is 19.8 Å². The molecule has 0 amide bonds. The smallest absolute Gasteiger partial charge is 0.280 e. The van der Waals surface area contributed by atoms with Gasteiger partial charge in [-0.2, -0.15) is 0 Å². The molecule has 1 aromatic rings. The van der Waals surface area contributed by atoms with Gasteiger partial charge in [0.25, 0.3) is 9.05 Å². The Bertz CT molecular complexity index is 488. The van der Waals surface area contributed by atoms with E-state index in [1.807, 2.05) is 11.5 Å². The van der Waals surface area contributed by atoms with Gasteiger partial charge in [0.2, 0.25) is 0 Å². The molecule has 0 N–H and O–H groups in total. The molecule has 1 saturated carbocycles. The van der Waals surface area contributed by atoms with Gasteiger partial charge >= 0.3 is 0 Å². The first-order chi connectivity index (χ1) is 7.98. The molecular formula is C11H17ClN2O2S. The van der Waals surface area contributed by atoms with Crippen molar-refractivity contribution in [1.82, 2.24) is 9.55 Å². The highest BCUT2D eigenvalue weighted by Gasteiger charge is 2.21. The first-order valence-corrected chi connectivity index (χ1v) is 8.29. The van der Waals surface area contributed by atoms with Gasteiger partial charge < -0.3 is 4.57 Å². The Morgan fingerprint density at radius 2 is 1.88 bits per heavy atom. The molecule has 17 heavy (non-hydrogen) atoms. The molecule has 0 spiro atoms. The van der Waals surface area contributed by atoms with E-state index in [0.29, 0.717) is 6.04 Å². The van der Waals surface area contributed by atoms with Crippen LogP contribution in [0.5, 0.6) is 0 Å². The van der Waals surface area contributed by atoms with E-state index in [2.05, 4.69) is 4.98 Å². The molecule has 0 radical (unpaired) electrons. The standard InChI is InChI=1S/C11H17ClN2O2S/c1-9-13-11(17(12,15)16)8-14(9)10-6-4-2-3-5-7-10/h8,10H,2-7H2,1H3. The number of aromatic nitrogens is 2. The number of nitrogens with zero attached hydrogens (tertiary/aromatic N) is 2. The SMILES string of the molecule is Cc1nc(S(=O)(=O)Cl)cn1C1CCCCCC1. The lowest BCUT2D eigenvalue weighted by Crippen LogP contribution is -2.08. The van der Waals surface area contributed by atoms with E-state index in [4.69, 9.17) is 10.7 Å². The molecule has 1 heterocycles. The van der Waals surface area contributed by atoms with Crippen molar-refractivity contribution < 1.29 is 8.42 Å². The summed E-state index contributed by atoms with van der Waals surface area (Å²) in [6.45, 7) is 1.83. The lowest BCUT2D eigenvalue weighted by atomic mass is 10.1. The summed E-state index contributed by atoms with van der Waals surface area (Å²) >= 11 is 0. The van der Waals surface area contributed by atoms with Crippen LogP contribution in [0.3, 0.4) is 0 Å². The molecule has 0 aliphatic heterocycles. The van der Waals surface area contributed by atoms with E-state index in [1.54, 1.807) is 6.20 Å². The van der Waals surface area contributed by atoms with Crippen LogP contribution in [-0.4, -0.2) is 18.0 Å². The fourth-order valence-corrected chi connectivity index (χ4v) is 3.19. The maximum Gasteiger partial charge on any atom is 0.280 e. The van der Waals surface area contributed by atoms with Crippen LogP contribution >= 0.6 is 10.7 Å². The molecular weight excluding hydrogens is 260 g/mol. The minimum absolute atomic E-state index is 0.0269. The molecule has 1 fully saturated rings. The van der Waals surface area contributed by atoms with Crippen molar-refractivity contribution in [2.45, 2.75) is 56.5 Å². The van der Waals surface area contributed by atoms with Crippen LogP contribution in [0.2, 0.25) is 0 Å². The van der Waals surface area contributed by atoms with Crippen molar-refractivity contribution in [2.75, 3.05) is 0 Å². The van der Waals surface area contributed by atoms with Crippen LogP contribution < -0.4 is 0 Å². The predicted octanol–water partition coefficient (Wildman–Crippen LogP) is 3.01. The molecule has 1 aliphatic rings. The average molecular weight is 277 g/mol. The molecule has 0 unspecified atom stereocenters. The predicted molar refractivity (Wildman–Crippen MR) is 66.7 cm³/mol. The Hall–Kier alpha value is -0.550. The van der Waals surface area contributed by atoms with Crippen molar-refractivity contribution >= 4 is 19.7 Å². The summed E-state index contributed by atoms with van der Waals surface area (Å²) in [5.41, 5.74) is 0. The summed E-state index contributed by atoms with van der Waals surface area (Å²) in [4.78, 5) is 4.03. The first-order valence-electron chi connectivity index (χ1n) is 5.98. The van der Waals surface area contributed by atoms with Gasteiger partial charge in [-0.25, -0.2) is 13.4 Å². The number of hydrogen-bond acceptors (Lipinski definition) is 3. The Morgan fingerprint density at radius 1 is 1.29 bits per heavy atom. The van der Waals surface area contributed by atoms with Crippen molar-refractivity contribution in [1.29, 1.82) is 0 Å². The first kappa shape index (κ1) is 12.9. The minimum Gasteiger partial charge on any atom is -0.331 e. The van der Waals surface area contributed by atoms with E-state index in [9.17, 15) is 8.42 Å². The van der Waals surface area contributed by atoms with Crippen molar-refractivity contribution in [3.05, 3.63) is 12.0 Å². The third-order valence-corrected chi connectivity index (χ3v) is 4.53. The molecule has 1 aliphatic carbocycles. The maximum atomic E-state index is 11.2. The van der Waals surface area contributed by atoms with Crippen LogP contribution in [0.15, 0.2) is 11.2 Å². The van der Waals surface area contributed by atoms with E-state index in [-0.39, 0.29) is 5.03 Å². The van der Waals surface area contributed by atoms with Crippen LogP contribution in [0, 0.1) is 6.92 Å². The van der Waals surface area contributed by atoms with E-state index in [0.717, 1.165) is 18.7 Å². The zero-order chi connectivity index (χ0) is 12.5. The summed E-state index contributed by atoms with van der Waals surface area (Å²) in [5, 5.41) is -0.0269. The molecule has 0 atom stereocenters. The van der Waals surface area contributed by atoms with E-state index in [1.165, 1.54) is 25.7 Å². The number of rotatable bonds is 2. The second-order valence-electron chi connectivity index (χ2n) is 4.62. The van der Waals surface area contributed by atoms with Crippen LogP contribution in [0.1, 0.15) is 50.4 Å². The molecule has 2 rings (SSSR count). The molecule has 4 nitrogen and oxygen atoms in total. The fraction of sp³-hybridized carbons (Fsp3) is 0.727. The fourth-order valence-electron chi connectivity index (χ4n) is 2.48. The van der Waals surface area contributed by atoms with Crippen LogP contribution in [0.4, 0.5) is 0 Å². The van der Waals surface area contributed by atoms with E-state index < -0.39 is 9.05 Å². The lowest BCUT2D eigenvalue weighted by molar-refractivity contribution is 0.435. The van der Waals surface area contributed by atoms with Gasteiger partial charge in [0.05, 0.1) is 0 Å². The van der Waals surface area contributed by atoms with Crippen LogP contribution in [0.25, 0.3) is 0 Å². The molecule has 96 valence electrons. The topological polar surface area (TPSA) is 52.0 Å². The number of halogens is 1. The lowest BCUT2D eigenvalue weighted by Gasteiger charge is -2.17. The minimum atomic E-state index is -3.71. The molecule has 1 aromatic heterocycles. The second kappa shape index (κ2) is 4.98. The highest BCUT2D eigenvalue weighted by molar-refractivity contribution is 8.13. The zero-order valence-electron chi connectivity index (χ0n) is 9.89. The molecule has 0 bridgehead atoms. The third kappa shape index (κ3) is 3.01. The molecule has 6 heteroatoms. The second-order valence-corrected chi connectivity index (χ2v) is 7.13. The maximum absolute atomic E-state index is 11.2. The van der Waals surface area contributed by atoms with Gasteiger partial charge in [0.15, 0.2) is 5.03 Å². The van der Waals surface area contributed by atoms with Crippen molar-refractivity contribution in [2.24, 2.45) is 0 Å². The third-order valence-electron chi connectivity index (χ3n) is 3.36. The summed E-state index contributed by atoms with van der Waals surface area (Å²) in [7, 11) is 1.60. The Labute approximate surface area is 106 Å². The number of aryl methyl sites for hydroxylation is 1. The van der Waals surface area contributed by atoms with Crippen molar-refractivity contribution in [3.63, 3.8) is 0 Å².